The van der Waals surface area contributed by atoms with Crippen LogP contribution in [0.15, 0.2) is 66.7 Å². The highest BCUT2D eigenvalue weighted by Gasteiger charge is 2.46. The van der Waals surface area contributed by atoms with Crippen molar-refractivity contribution in [3.8, 4) is 5.75 Å². The molecule has 5 rings (SSSR count). The van der Waals surface area contributed by atoms with Crippen molar-refractivity contribution in [3.63, 3.8) is 0 Å². The summed E-state index contributed by atoms with van der Waals surface area (Å²) in [4.78, 5) is 17.6. The predicted octanol–water partition coefficient (Wildman–Crippen LogP) is 5.73. The van der Waals surface area contributed by atoms with Crippen LogP contribution in [0.4, 0.5) is 20.6 Å². The van der Waals surface area contributed by atoms with Crippen LogP contribution in [-0.2, 0) is 12.0 Å². The minimum absolute atomic E-state index is 0.0492. The lowest BCUT2D eigenvalue weighted by Crippen LogP contribution is -2.46. The number of carbonyl (C=O) groups excluding carboxylic acids is 1. The number of ether oxygens (including phenoxy) is 1. The van der Waals surface area contributed by atoms with E-state index in [2.05, 4.69) is 47.5 Å². The van der Waals surface area contributed by atoms with Crippen LogP contribution in [0.5, 0.6) is 5.75 Å². The monoisotopic (exact) mass is 459 g/mol. The average Bonchev–Trinajstić information content (AvgIpc) is 3.15. The van der Waals surface area contributed by atoms with Gasteiger partial charge in [-0.3, -0.25) is 9.80 Å². The van der Waals surface area contributed by atoms with Gasteiger partial charge in [-0.05, 0) is 86.4 Å². The molecule has 1 fully saturated rings. The molecule has 2 heterocycles. The van der Waals surface area contributed by atoms with Gasteiger partial charge in [0.25, 0.3) is 0 Å². The number of halogens is 1. The number of urea groups is 1. The zero-order chi connectivity index (χ0) is 23.7. The van der Waals surface area contributed by atoms with Gasteiger partial charge in [0, 0.05) is 29.9 Å². The lowest BCUT2D eigenvalue weighted by Gasteiger charge is -2.40. The van der Waals surface area contributed by atoms with E-state index >= 15 is 0 Å². The number of piperidine rings is 1. The number of amides is 2. The van der Waals surface area contributed by atoms with Gasteiger partial charge in [0.2, 0.25) is 0 Å². The molecule has 1 saturated heterocycles. The van der Waals surface area contributed by atoms with Crippen LogP contribution in [0.25, 0.3) is 0 Å². The first kappa shape index (κ1) is 22.4. The minimum Gasteiger partial charge on any atom is -0.497 e. The van der Waals surface area contributed by atoms with Crippen molar-refractivity contribution in [1.29, 1.82) is 0 Å². The smallest absolute Gasteiger partial charge is 0.326 e. The Morgan fingerprint density at radius 3 is 2.56 bits per heavy atom. The molecular weight excluding hydrogens is 429 g/mol. The maximum Gasteiger partial charge on any atom is 0.326 e. The molecule has 176 valence electrons. The molecule has 6 heteroatoms. The maximum atomic E-state index is 13.3. The number of nitrogens with one attached hydrogen (secondary N) is 1. The SMILES string of the molecule is COc1cccc(CN2CCC3(CC2)CN(C(=O)Nc2ccc(F)cc2)c2ccc(C)cc23)c1. The summed E-state index contributed by atoms with van der Waals surface area (Å²) in [5.74, 6) is 0.564. The molecule has 2 amide bonds. The molecule has 2 aliphatic heterocycles. The highest BCUT2D eigenvalue weighted by atomic mass is 19.1. The second-order valence-corrected chi connectivity index (χ2v) is 9.45. The number of likely N-dealkylation sites (tertiary alicyclic amines) is 1. The van der Waals surface area contributed by atoms with E-state index in [1.807, 2.05) is 17.0 Å². The zero-order valence-corrected chi connectivity index (χ0v) is 19.7. The molecule has 0 aliphatic carbocycles. The molecule has 0 saturated carbocycles. The minimum atomic E-state index is -0.320. The lowest BCUT2D eigenvalue weighted by atomic mass is 9.74. The Kier molecular flexibility index (Phi) is 6.00. The molecule has 34 heavy (non-hydrogen) atoms. The molecule has 3 aromatic rings. The Morgan fingerprint density at radius 1 is 1.06 bits per heavy atom. The van der Waals surface area contributed by atoms with E-state index < -0.39 is 0 Å². The second kappa shape index (κ2) is 9.11. The number of methoxy groups -OCH3 is 1. The largest absolute Gasteiger partial charge is 0.497 e. The summed E-state index contributed by atoms with van der Waals surface area (Å²) in [6.07, 6.45) is 1.99. The van der Waals surface area contributed by atoms with Crippen molar-refractivity contribution >= 4 is 17.4 Å². The first-order valence-corrected chi connectivity index (χ1v) is 11.8. The van der Waals surface area contributed by atoms with Crippen LogP contribution in [0.1, 0.15) is 29.5 Å². The van der Waals surface area contributed by atoms with E-state index in [0.717, 1.165) is 43.9 Å². The van der Waals surface area contributed by atoms with Gasteiger partial charge in [-0.15, -0.1) is 0 Å². The van der Waals surface area contributed by atoms with Gasteiger partial charge in [-0.25, -0.2) is 9.18 Å². The van der Waals surface area contributed by atoms with Crippen molar-refractivity contribution in [2.45, 2.75) is 31.7 Å². The van der Waals surface area contributed by atoms with E-state index in [1.165, 1.54) is 28.8 Å². The quantitative estimate of drug-likeness (QED) is 0.542. The summed E-state index contributed by atoms with van der Waals surface area (Å²) in [7, 11) is 1.70. The first-order valence-electron chi connectivity index (χ1n) is 11.8. The van der Waals surface area contributed by atoms with Crippen molar-refractivity contribution in [2.24, 2.45) is 0 Å². The number of hydrogen-bond donors (Lipinski definition) is 1. The fraction of sp³-hybridized carbons (Fsp3) is 0.321. The highest BCUT2D eigenvalue weighted by Crippen LogP contribution is 2.47. The summed E-state index contributed by atoms with van der Waals surface area (Å²) in [5, 5.41) is 2.94. The molecule has 0 aromatic heterocycles. The van der Waals surface area contributed by atoms with Gasteiger partial charge in [-0.1, -0.05) is 29.8 Å². The number of benzene rings is 3. The van der Waals surface area contributed by atoms with E-state index in [0.29, 0.717) is 12.2 Å². The van der Waals surface area contributed by atoms with Crippen LogP contribution in [-0.4, -0.2) is 37.7 Å². The molecule has 0 bridgehead atoms. The molecule has 2 aliphatic rings. The molecule has 0 atom stereocenters. The predicted molar refractivity (Wildman–Crippen MR) is 133 cm³/mol. The third kappa shape index (κ3) is 4.38. The van der Waals surface area contributed by atoms with Crippen molar-refractivity contribution in [3.05, 3.63) is 89.2 Å². The van der Waals surface area contributed by atoms with Crippen molar-refractivity contribution in [1.82, 2.24) is 4.90 Å². The molecule has 0 radical (unpaired) electrons. The van der Waals surface area contributed by atoms with Crippen LogP contribution < -0.4 is 15.0 Å². The number of aryl methyl sites for hydroxylation is 1. The number of fused-ring (bicyclic) bond motifs is 2. The van der Waals surface area contributed by atoms with Gasteiger partial charge >= 0.3 is 6.03 Å². The van der Waals surface area contributed by atoms with Gasteiger partial charge in [0.1, 0.15) is 11.6 Å². The second-order valence-electron chi connectivity index (χ2n) is 9.45. The summed E-state index contributed by atoms with van der Waals surface area (Å²) in [5.41, 5.74) is 5.24. The summed E-state index contributed by atoms with van der Waals surface area (Å²) in [6.45, 7) is 5.59. The third-order valence-corrected chi connectivity index (χ3v) is 7.17. The first-order chi connectivity index (χ1) is 16.5. The molecule has 0 unspecified atom stereocenters. The van der Waals surface area contributed by atoms with Gasteiger partial charge in [0.15, 0.2) is 0 Å². The fourth-order valence-corrected chi connectivity index (χ4v) is 5.28. The number of nitrogens with zero attached hydrogens (tertiary/aromatic N) is 2. The van der Waals surface area contributed by atoms with Crippen LogP contribution in [0.2, 0.25) is 0 Å². The Labute approximate surface area is 200 Å². The summed E-state index contributed by atoms with van der Waals surface area (Å²) < 4.78 is 18.6. The summed E-state index contributed by atoms with van der Waals surface area (Å²) >= 11 is 0. The Hall–Kier alpha value is -3.38. The average molecular weight is 460 g/mol. The number of hydrogen-bond acceptors (Lipinski definition) is 3. The van der Waals surface area contributed by atoms with E-state index in [4.69, 9.17) is 4.74 Å². The van der Waals surface area contributed by atoms with Gasteiger partial charge < -0.3 is 10.1 Å². The normalized spacial score (nSPS) is 17.0. The fourth-order valence-electron chi connectivity index (χ4n) is 5.28. The topological polar surface area (TPSA) is 44.8 Å². The van der Waals surface area contributed by atoms with Crippen LogP contribution >= 0.6 is 0 Å². The molecule has 1 N–H and O–H groups in total. The van der Waals surface area contributed by atoms with Crippen molar-refractivity contribution in [2.75, 3.05) is 37.0 Å². The van der Waals surface area contributed by atoms with Gasteiger partial charge in [-0.2, -0.15) is 0 Å². The lowest BCUT2D eigenvalue weighted by molar-refractivity contribution is 0.160. The summed E-state index contributed by atoms with van der Waals surface area (Å²) in [6, 6.07) is 20.3. The Bertz CT molecular complexity index is 1190. The molecule has 5 nitrogen and oxygen atoms in total. The van der Waals surface area contributed by atoms with Crippen LogP contribution in [0.3, 0.4) is 0 Å². The Balaban J connectivity index is 1.33. The standard InChI is InChI=1S/C28H30FN3O2/c1-20-6-11-26-25(16-20)28(19-32(26)27(33)30-23-9-7-22(29)8-10-23)12-14-31(15-13-28)18-21-4-3-5-24(17-21)34-2/h3-11,16-17H,12-15,18-19H2,1-2H3,(H,30,33). The number of anilines is 2. The van der Waals surface area contributed by atoms with Crippen LogP contribution in [0, 0.1) is 12.7 Å². The van der Waals surface area contributed by atoms with E-state index in [9.17, 15) is 9.18 Å². The zero-order valence-electron chi connectivity index (χ0n) is 19.7. The van der Waals surface area contributed by atoms with Crippen molar-refractivity contribution < 1.29 is 13.9 Å². The highest BCUT2D eigenvalue weighted by molar-refractivity contribution is 6.03. The number of carbonyl (C=O) groups is 1. The molecule has 3 aromatic carbocycles. The number of rotatable bonds is 4. The maximum absolute atomic E-state index is 13.3. The Morgan fingerprint density at radius 2 is 1.82 bits per heavy atom. The van der Waals surface area contributed by atoms with E-state index in [-0.39, 0.29) is 17.3 Å². The molecular formula is C28H30FN3O2. The third-order valence-electron chi connectivity index (χ3n) is 7.17. The molecule has 1 spiro atoms. The van der Waals surface area contributed by atoms with Gasteiger partial charge in [0.05, 0.1) is 7.11 Å². The van der Waals surface area contributed by atoms with E-state index in [1.54, 1.807) is 19.2 Å².